The summed E-state index contributed by atoms with van der Waals surface area (Å²) in [6.07, 6.45) is 0. The van der Waals surface area contributed by atoms with Crippen LogP contribution in [0.1, 0.15) is 0 Å². The predicted molar refractivity (Wildman–Crippen MR) is 33.9 cm³/mol. The summed E-state index contributed by atoms with van der Waals surface area (Å²) in [7, 11) is 2.26. The SMILES string of the molecule is C[NH+]1CCSCC1. The molecule has 0 aromatic carbocycles. The summed E-state index contributed by atoms with van der Waals surface area (Å²) in [5.74, 6) is 2.73. The van der Waals surface area contributed by atoms with Gasteiger partial charge in [-0.1, -0.05) is 0 Å². The lowest BCUT2D eigenvalue weighted by molar-refractivity contribution is -0.875. The maximum absolute atomic E-state index is 2.26. The van der Waals surface area contributed by atoms with Crippen molar-refractivity contribution in [2.75, 3.05) is 31.6 Å². The fourth-order valence-electron chi connectivity index (χ4n) is 0.720. The molecule has 0 aliphatic carbocycles. The molecule has 1 nitrogen and oxygen atoms in total. The molecule has 0 aromatic rings. The Morgan fingerprint density at radius 1 is 1.29 bits per heavy atom. The maximum Gasteiger partial charge on any atom is 0.0861 e. The molecule has 1 aliphatic heterocycles. The number of quaternary nitrogens is 1. The highest BCUT2D eigenvalue weighted by Gasteiger charge is 2.06. The summed E-state index contributed by atoms with van der Waals surface area (Å²) in [5, 5.41) is 0. The molecule has 0 unspecified atom stereocenters. The summed E-state index contributed by atoms with van der Waals surface area (Å²) in [4.78, 5) is 1.69. The maximum atomic E-state index is 2.26. The summed E-state index contributed by atoms with van der Waals surface area (Å²) in [6.45, 7) is 2.73. The number of thioether (sulfide) groups is 1. The quantitative estimate of drug-likeness (QED) is 0.438. The van der Waals surface area contributed by atoms with Crippen LogP contribution in [-0.2, 0) is 0 Å². The number of hydrogen-bond donors (Lipinski definition) is 1. The van der Waals surface area contributed by atoms with Crippen molar-refractivity contribution in [1.82, 2.24) is 0 Å². The Morgan fingerprint density at radius 2 is 1.86 bits per heavy atom. The molecule has 1 rings (SSSR count). The van der Waals surface area contributed by atoms with Gasteiger partial charge in [0.1, 0.15) is 0 Å². The molecule has 7 heavy (non-hydrogen) atoms. The highest BCUT2D eigenvalue weighted by Crippen LogP contribution is 1.96. The molecule has 1 aliphatic rings. The van der Waals surface area contributed by atoms with E-state index in [1.165, 1.54) is 24.6 Å². The largest absolute Gasteiger partial charge is 0.336 e. The molecular weight excluding hydrogens is 106 g/mol. The minimum Gasteiger partial charge on any atom is -0.336 e. The van der Waals surface area contributed by atoms with Crippen LogP contribution < -0.4 is 4.90 Å². The van der Waals surface area contributed by atoms with E-state index < -0.39 is 0 Å². The van der Waals surface area contributed by atoms with Crippen molar-refractivity contribution in [3.8, 4) is 0 Å². The lowest BCUT2D eigenvalue weighted by atomic mass is 10.6. The van der Waals surface area contributed by atoms with Gasteiger partial charge in [-0.25, -0.2) is 0 Å². The van der Waals surface area contributed by atoms with E-state index in [1.54, 1.807) is 4.90 Å². The Hall–Kier alpha value is 0.310. The third-order valence-corrected chi connectivity index (χ3v) is 2.33. The van der Waals surface area contributed by atoms with Crippen LogP contribution >= 0.6 is 11.8 Å². The van der Waals surface area contributed by atoms with Crippen molar-refractivity contribution in [3.63, 3.8) is 0 Å². The van der Waals surface area contributed by atoms with Gasteiger partial charge in [0.2, 0.25) is 0 Å². The first kappa shape index (κ1) is 5.45. The van der Waals surface area contributed by atoms with Crippen LogP contribution in [0.4, 0.5) is 0 Å². The Kier molecular flexibility index (Phi) is 2.00. The first-order valence-electron chi connectivity index (χ1n) is 2.78. The van der Waals surface area contributed by atoms with Crippen LogP contribution in [0.5, 0.6) is 0 Å². The Labute approximate surface area is 49.1 Å². The zero-order chi connectivity index (χ0) is 5.11. The molecule has 0 aromatic heterocycles. The monoisotopic (exact) mass is 118 g/mol. The van der Waals surface area contributed by atoms with E-state index in [0.717, 1.165) is 0 Å². The fraction of sp³-hybridized carbons (Fsp3) is 1.00. The topological polar surface area (TPSA) is 4.44 Å². The van der Waals surface area contributed by atoms with Gasteiger partial charge in [0.25, 0.3) is 0 Å². The van der Waals surface area contributed by atoms with E-state index in [9.17, 15) is 0 Å². The average Bonchev–Trinajstić information content (AvgIpc) is 1.69. The second kappa shape index (κ2) is 2.58. The molecule has 1 saturated heterocycles. The highest BCUT2D eigenvalue weighted by atomic mass is 32.2. The fourth-order valence-corrected chi connectivity index (χ4v) is 1.91. The van der Waals surface area contributed by atoms with Crippen molar-refractivity contribution in [3.05, 3.63) is 0 Å². The minimum absolute atomic E-state index is 1.37. The molecule has 0 radical (unpaired) electrons. The van der Waals surface area contributed by atoms with E-state index in [0.29, 0.717) is 0 Å². The second-order valence-electron chi connectivity index (χ2n) is 2.07. The van der Waals surface area contributed by atoms with Crippen molar-refractivity contribution in [1.29, 1.82) is 0 Å². The third kappa shape index (κ3) is 1.70. The van der Waals surface area contributed by atoms with Crippen LogP contribution in [-0.4, -0.2) is 31.6 Å². The molecule has 42 valence electrons. The van der Waals surface area contributed by atoms with E-state index in [-0.39, 0.29) is 0 Å². The summed E-state index contributed by atoms with van der Waals surface area (Å²) in [5.41, 5.74) is 0. The highest BCUT2D eigenvalue weighted by molar-refractivity contribution is 7.99. The standard InChI is InChI=1S/C5H11NS/c1-6-2-4-7-5-3-6/h2-5H2,1H3/p+1. The van der Waals surface area contributed by atoms with Crippen molar-refractivity contribution < 1.29 is 4.90 Å². The van der Waals surface area contributed by atoms with Gasteiger partial charge in [-0.15, -0.1) is 0 Å². The second-order valence-corrected chi connectivity index (χ2v) is 3.29. The van der Waals surface area contributed by atoms with Gasteiger partial charge < -0.3 is 4.90 Å². The zero-order valence-electron chi connectivity index (χ0n) is 4.74. The number of rotatable bonds is 0. The van der Waals surface area contributed by atoms with Crippen LogP contribution in [0.2, 0.25) is 0 Å². The lowest BCUT2D eigenvalue weighted by Gasteiger charge is -2.17. The average molecular weight is 118 g/mol. The molecule has 0 amide bonds. The van der Waals surface area contributed by atoms with E-state index in [2.05, 4.69) is 18.8 Å². The van der Waals surface area contributed by atoms with Gasteiger partial charge in [0, 0.05) is 11.5 Å². The smallest absolute Gasteiger partial charge is 0.0861 e. The molecule has 1 heterocycles. The van der Waals surface area contributed by atoms with Crippen LogP contribution in [0, 0.1) is 0 Å². The Balaban J connectivity index is 2.12. The van der Waals surface area contributed by atoms with Gasteiger partial charge >= 0.3 is 0 Å². The van der Waals surface area contributed by atoms with Crippen molar-refractivity contribution in [2.45, 2.75) is 0 Å². The molecule has 1 N–H and O–H groups in total. The minimum atomic E-state index is 1.37. The Morgan fingerprint density at radius 3 is 2.14 bits per heavy atom. The van der Waals surface area contributed by atoms with Crippen LogP contribution in [0.3, 0.4) is 0 Å². The van der Waals surface area contributed by atoms with Gasteiger partial charge in [-0.05, 0) is 0 Å². The molecule has 0 saturated carbocycles. The first-order valence-corrected chi connectivity index (χ1v) is 3.94. The van der Waals surface area contributed by atoms with Crippen molar-refractivity contribution in [2.24, 2.45) is 0 Å². The third-order valence-electron chi connectivity index (χ3n) is 1.35. The summed E-state index contributed by atoms with van der Waals surface area (Å²) < 4.78 is 0. The summed E-state index contributed by atoms with van der Waals surface area (Å²) in [6, 6.07) is 0. The van der Waals surface area contributed by atoms with E-state index >= 15 is 0 Å². The zero-order valence-corrected chi connectivity index (χ0v) is 5.55. The number of nitrogens with one attached hydrogen (secondary N) is 1. The van der Waals surface area contributed by atoms with Gasteiger partial charge in [0.15, 0.2) is 0 Å². The van der Waals surface area contributed by atoms with E-state index in [1.807, 2.05) is 0 Å². The lowest BCUT2D eigenvalue weighted by Crippen LogP contribution is -3.10. The van der Waals surface area contributed by atoms with E-state index in [4.69, 9.17) is 0 Å². The van der Waals surface area contributed by atoms with Crippen LogP contribution in [0.25, 0.3) is 0 Å². The molecule has 0 bridgehead atoms. The normalized spacial score (nSPS) is 25.3. The van der Waals surface area contributed by atoms with Gasteiger partial charge in [-0.3, -0.25) is 0 Å². The first-order chi connectivity index (χ1) is 3.39. The Bertz CT molecular complexity index is 50.0. The van der Waals surface area contributed by atoms with Crippen molar-refractivity contribution >= 4 is 11.8 Å². The summed E-state index contributed by atoms with van der Waals surface area (Å²) >= 11 is 2.08. The van der Waals surface area contributed by atoms with Crippen LogP contribution in [0.15, 0.2) is 0 Å². The predicted octanol–water partition coefficient (Wildman–Crippen LogP) is -0.752. The molecule has 0 atom stereocenters. The van der Waals surface area contributed by atoms with Gasteiger partial charge in [0.05, 0.1) is 20.1 Å². The molecule has 1 fully saturated rings. The van der Waals surface area contributed by atoms with Gasteiger partial charge in [-0.2, -0.15) is 11.8 Å². The molecule has 2 heteroatoms. The molecule has 0 spiro atoms. The molecular formula is C5H12NS+. The number of hydrogen-bond acceptors (Lipinski definition) is 1.